The summed E-state index contributed by atoms with van der Waals surface area (Å²) < 4.78 is 0. The molecule has 22 heavy (non-hydrogen) atoms. The third-order valence-corrected chi connectivity index (χ3v) is 5.05. The van der Waals surface area contributed by atoms with E-state index in [1.807, 2.05) is 18.2 Å². The van der Waals surface area contributed by atoms with Gasteiger partial charge in [0.2, 0.25) is 0 Å². The molecule has 2 aromatic rings. The Morgan fingerprint density at radius 3 is 2.50 bits per heavy atom. The van der Waals surface area contributed by atoms with Crippen molar-refractivity contribution in [2.24, 2.45) is 11.8 Å². The lowest BCUT2D eigenvalue weighted by molar-refractivity contribution is 0.178. The second-order valence-corrected chi connectivity index (χ2v) is 6.62. The topological polar surface area (TPSA) is 32.3 Å². The third-order valence-electron chi connectivity index (χ3n) is 5.05. The van der Waals surface area contributed by atoms with Crippen LogP contribution in [0.4, 0.5) is 5.82 Å². The number of likely N-dealkylation sites (tertiary alicyclic amines) is 1. The number of fused-ring (bicyclic) bond motifs is 1. The summed E-state index contributed by atoms with van der Waals surface area (Å²) in [5, 5.41) is 8.90. The van der Waals surface area contributed by atoms with Crippen LogP contribution in [0.15, 0.2) is 42.5 Å². The van der Waals surface area contributed by atoms with Gasteiger partial charge in [-0.1, -0.05) is 30.3 Å². The van der Waals surface area contributed by atoms with Crippen LogP contribution in [0.3, 0.4) is 0 Å². The average molecular weight is 294 g/mol. The number of hydrogen-bond donors (Lipinski definition) is 0. The minimum Gasteiger partial charge on any atom is -0.355 e. The molecular weight excluding hydrogens is 272 g/mol. The van der Waals surface area contributed by atoms with E-state index in [1.165, 1.54) is 19.5 Å². The maximum atomic E-state index is 4.48. The zero-order valence-electron chi connectivity index (χ0n) is 13.0. The van der Waals surface area contributed by atoms with E-state index in [2.05, 4.69) is 51.3 Å². The number of benzene rings is 1. The Bertz CT molecular complexity index is 625. The highest BCUT2D eigenvalue weighted by Crippen LogP contribution is 2.32. The highest BCUT2D eigenvalue weighted by molar-refractivity contribution is 5.59. The summed E-state index contributed by atoms with van der Waals surface area (Å²) in [4.78, 5) is 4.87. The van der Waals surface area contributed by atoms with E-state index in [9.17, 15) is 0 Å². The number of rotatable bonds is 2. The van der Waals surface area contributed by atoms with Crippen molar-refractivity contribution in [2.45, 2.75) is 6.42 Å². The third kappa shape index (κ3) is 2.59. The van der Waals surface area contributed by atoms with Crippen molar-refractivity contribution in [1.82, 2.24) is 15.1 Å². The number of anilines is 1. The summed E-state index contributed by atoms with van der Waals surface area (Å²) in [6.45, 7) is 4.70. The van der Waals surface area contributed by atoms with Crippen LogP contribution in [0.25, 0.3) is 11.3 Å². The standard InChI is InChI=1S/C18H22N4/c1-21-10-9-15-12-22(13-16(15)11-21)18-8-7-17(19-20-18)14-5-3-2-4-6-14/h2-8,15-16H,9-13H2,1H3. The molecule has 2 fully saturated rings. The Balaban J connectivity index is 1.50. The predicted molar refractivity (Wildman–Crippen MR) is 88.8 cm³/mol. The van der Waals surface area contributed by atoms with Crippen LogP contribution in [-0.4, -0.2) is 48.3 Å². The van der Waals surface area contributed by atoms with Gasteiger partial charge < -0.3 is 9.80 Å². The molecule has 2 aliphatic rings. The van der Waals surface area contributed by atoms with Crippen molar-refractivity contribution in [3.8, 4) is 11.3 Å². The van der Waals surface area contributed by atoms with Gasteiger partial charge in [0, 0.05) is 25.2 Å². The summed E-state index contributed by atoms with van der Waals surface area (Å²) >= 11 is 0. The molecule has 0 bridgehead atoms. The molecule has 0 spiro atoms. The molecule has 0 N–H and O–H groups in total. The van der Waals surface area contributed by atoms with Crippen LogP contribution in [0, 0.1) is 11.8 Å². The van der Waals surface area contributed by atoms with E-state index < -0.39 is 0 Å². The highest BCUT2D eigenvalue weighted by atomic mass is 15.3. The fraction of sp³-hybridized carbons (Fsp3) is 0.444. The van der Waals surface area contributed by atoms with E-state index in [-0.39, 0.29) is 0 Å². The maximum absolute atomic E-state index is 4.48. The lowest BCUT2D eigenvalue weighted by Gasteiger charge is -2.31. The lowest BCUT2D eigenvalue weighted by atomic mass is 9.89. The molecule has 114 valence electrons. The highest BCUT2D eigenvalue weighted by Gasteiger charge is 2.36. The van der Waals surface area contributed by atoms with E-state index in [1.54, 1.807) is 0 Å². The number of hydrogen-bond acceptors (Lipinski definition) is 4. The van der Waals surface area contributed by atoms with Crippen LogP contribution < -0.4 is 4.90 Å². The van der Waals surface area contributed by atoms with Crippen molar-refractivity contribution in [2.75, 3.05) is 38.1 Å². The first-order valence-electron chi connectivity index (χ1n) is 8.12. The molecule has 2 atom stereocenters. The maximum Gasteiger partial charge on any atom is 0.151 e. The Hall–Kier alpha value is -1.94. The molecule has 2 saturated heterocycles. The Morgan fingerprint density at radius 2 is 1.73 bits per heavy atom. The molecule has 0 saturated carbocycles. The Kier molecular flexibility index (Phi) is 3.54. The second kappa shape index (κ2) is 5.69. The van der Waals surface area contributed by atoms with Crippen molar-refractivity contribution in [3.05, 3.63) is 42.5 Å². The fourth-order valence-electron chi connectivity index (χ4n) is 3.79. The van der Waals surface area contributed by atoms with Gasteiger partial charge in [0.1, 0.15) is 0 Å². The van der Waals surface area contributed by atoms with Crippen LogP contribution in [-0.2, 0) is 0 Å². The van der Waals surface area contributed by atoms with Gasteiger partial charge in [0.15, 0.2) is 5.82 Å². The molecule has 2 unspecified atom stereocenters. The van der Waals surface area contributed by atoms with E-state index in [0.29, 0.717) is 0 Å². The minimum atomic E-state index is 0.786. The van der Waals surface area contributed by atoms with Crippen LogP contribution in [0.1, 0.15) is 6.42 Å². The Morgan fingerprint density at radius 1 is 0.909 bits per heavy atom. The van der Waals surface area contributed by atoms with Crippen molar-refractivity contribution in [1.29, 1.82) is 0 Å². The van der Waals surface area contributed by atoms with Gasteiger partial charge in [0.05, 0.1) is 5.69 Å². The van der Waals surface area contributed by atoms with E-state index in [4.69, 9.17) is 0 Å². The first kappa shape index (κ1) is 13.7. The Labute approximate surface area is 131 Å². The first-order chi connectivity index (χ1) is 10.8. The number of aromatic nitrogens is 2. The molecule has 0 aliphatic carbocycles. The molecule has 0 amide bonds. The molecule has 1 aromatic heterocycles. The predicted octanol–water partition coefficient (Wildman–Crippen LogP) is 2.53. The summed E-state index contributed by atoms with van der Waals surface area (Å²) in [7, 11) is 2.23. The largest absolute Gasteiger partial charge is 0.355 e. The first-order valence-corrected chi connectivity index (χ1v) is 8.12. The van der Waals surface area contributed by atoms with Crippen molar-refractivity contribution >= 4 is 5.82 Å². The van der Waals surface area contributed by atoms with Gasteiger partial charge in [0.25, 0.3) is 0 Å². The fourth-order valence-corrected chi connectivity index (χ4v) is 3.79. The number of piperidine rings is 1. The molecule has 0 radical (unpaired) electrons. The van der Waals surface area contributed by atoms with E-state index in [0.717, 1.165) is 42.0 Å². The van der Waals surface area contributed by atoms with Crippen molar-refractivity contribution < 1.29 is 0 Å². The second-order valence-electron chi connectivity index (χ2n) is 6.62. The number of nitrogens with zero attached hydrogens (tertiary/aromatic N) is 4. The average Bonchev–Trinajstić information content (AvgIpc) is 2.99. The normalized spacial score (nSPS) is 25.2. The monoisotopic (exact) mass is 294 g/mol. The quantitative estimate of drug-likeness (QED) is 0.852. The van der Waals surface area contributed by atoms with Crippen LogP contribution in [0.5, 0.6) is 0 Å². The van der Waals surface area contributed by atoms with Crippen LogP contribution in [0.2, 0.25) is 0 Å². The SMILES string of the molecule is CN1CCC2CN(c3ccc(-c4ccccc4)nn3)CC2C1. The summed E-state index contributed by atoms with van der Waals surface area (Å²) in [6, 6.07) is 14.4. The van der Waals surface area contributed by atoms with Gasteiger partial charge in [-0.15, -0.1) is 10.2 Å². The molecule has 4 rings (SSSR count). The van der Waals surface area contributed by atoms with Gasteiger partial charge >= 0.3 is 0 Å². The lowest BCUT2D eigenvalue weighted by Crippen LogP contribution is -2.37. The smallest absolute Gasteiger partial charge is 0.151 e. The van der Waals surface area contributed by atoms with E-state index >= 15 is 0 Å². The van der Waals surface area contributed by atoms with Gasteiger partial charge in [-0.2, -0.15) is 0 Å². The molecule has 2 aliphatic heterocycles. The molecule has 3 heterocycles. The van der Waals surface area contributed by atoms with Gasteiger partial charge in [-0.3, -0.25) is 0 Å². The molecular formula is C18H22N4. The molecule has 4 nitrogen and oxygen atoms in total. The minimum absolute atomic E-state index is 0.786. The summed E-state index contributed by atoms with van der Waals surface area (Å²) in [5.74, 6) is 2.64. The molecule has 1 aromatic carbocycles. The van der Waals surface area contributed by atoms with Crippen molar-refractivity contribution in [3.63, 3.8) is 0 Å². The zero-order chi connectivity index (χ0) is 14.9. The summed E-state index contributed by atoms with van der Waals surface area (Å²) in [6.07, 6.45) is 1.31. The molecule has 4 heteroatoms. The van der Waals surface area contributed by atoms with Crippen LogP contribution >= 0.6 is 0 Å². The van der Waals surface area contributed by atoms with Gasteiger partial charge in [-0.05, 0) is 44.0 Å². The summed E-state index contributed by atoms with van der Waals surface area (Å²) in [5.41, 5.74) is 2.07. The zero-order valence-corrected chi connectivity index (χ0v) is 13.0. The van der Waals surface area contributed by atoms with Gasteiger partial charge in [-0.25, -0.2) is 0 Å².